The van der Waals surface area contributed by atoms with Crippen molar-refractivity contribution in [3.63, 3.8) is 0 Å². The summed E-state index contributed by atoms with van der Waals surface area (Å²) in [5.41, 5.74) is 0. The quantitative estimate of drug-likeness (QED) is 0.0239. The molecular weight excluding hydrogens is 727 g/mol. The molecule has 0 aromatic carbocycles. The highest BCUT2D eigenvalue weighted by molar-refractivity contribution is 7.47. The summed E-state index contributed by atoms with van der Waals surface area (Å²) in [6.45, 7) is 3.36. The van der Waals surface area contributed by atoms with E-state index in [9.17, 15) is 19.4 Å². The van der Waals surface area contributed by atoms with Crippen molar-refractivity contribution >= 4 is 13.8 Å². The first-order valence-electron chi connectivity index (χ1n) is 22.3. The van der Waals surface area contributed by atoms with Crippen LogP contribution in [0.1, 0.15) is 181 Å². The summed E-state index contributed by atoms with van der Waals surface area (Å²) < 4.78 is 33.4. The molecule has 0 aromatic heterocycles. The first-order valence-corrected chi connectivity index (χ1v) is 23.8. The van der Waals surface area contributed by atoms with Crippen molar-refractivity contribution in [2.24, 2.45) is 0 Å². The van der Waals surface area contributed by atoms with Gasteiger partial charge in [0.15, 0.2) is 0 Å². The van der Waals surface area contributed by atoms with Crippen LogP contribution in [0.4, 0.5) is 0 Å². The topological polar surface area (TPSA) is 132 Å². The Morgan fingerprint density at radius 2 is 1.02 bits per heavy atom. The lowest BCUT2D eigenvalue weighted by Crippen LogP contribution is -2.29. The molecule has 0 aliphatic carbocycles. The van der Waals surface area contributed by atoms with E-state index in [-0.39, 0.29) is 19.6 Å². The Labute approximate surface area is 342 Å². The molecule has 10 heteroatoms. The minimum atomic E-state index is -4.53. The molecule has 0 aromatic rings. The summed E-state index contributed by atoms with van der Waals surface area (Å²) in [6, 6.07) is 0. The van der Waals surface area contributed by atoms with Crippen molar-refractivity contribution in [3.8, 4) is 0 Å². The van der Waals surface area contributed by atoms with E-state index in [4.69, 9.17) is 23.6 Å². The normalized spacial score (nSPS) is 14.6. The Morgan fingerprint density at radius 3 is 1.55 bits per heavy atom. The summed E-state index contributed by atoms with van der Waals surface area (Å²) in [6.07, 6.45) is 48.9. The highest BCUT2D eigenvalue weighted by Crippen LogP contribution is 2.43. The van der Waals surface area contributed by atoms with E-state index in [2.05, 4.69) is 74.6 Å². The average molecular weight is 811 g/mol. The number of ether oxygens (including phenoxy) is 2. The first kappa shape index (κ1) is 54.2. The fourth-order valence-electron chi connectivity index (χ4n) is 5.81. The van der Waals surface area contributed by atoms with Gasteiger partial charge in [-0.05, 0) is 77.0 Å². The molecule has 9 nitrogen and oxygen atoms in total. The average Bonchev–Trinajstić information content (AvgIpc) is 3.19. The second-order valence-electron chi connectivity index (χ2n) is 14.7. The summed E-state index contributed by atoms with van der Waals surface area (Å²) in [4.78, 5) is 22.6. The van der Waals surface area contributed by atoms with E-state index < -0.39 is 39.2 Å². The van der Waals surface area contributed by atoms with Gasteiger partial charge in [-0.2, -0.15) is 0 Å². The highest BCUT2D eigenvalue weighted by Gasteiger charge is 2.26. The maximum atomic E-state index is 12.6. The lowest BCUT2D eigenvalue weighted by Gasteiger charge is -2.20. The third-order valence-corrected chi connectivity index (χ3v) is 10.1. The zero-order valence-electron chi connectivity index (χ0n) is 35.6. The number of carbonyl (C=O) groups excluding carboxylic acids is 1. The van der Waals surface area contributed by atoms with Crippen LogP contribution in [0, 0.1) is 0 Å². The molecule has 0 heterocycles. The van der Waals surface area contributed by atoms with Gasteiger partial charge in [0, 0.05) is 13.0 Å². The van der Waals surface area contributed by atoms with Gasteiger partial charge < -0.3 is 24.6 Å². The third-order valence-electron chi connectivity index (χ3n) is 9.19. The number of allylic oxidation sites excluding steroid dienone is 10. The number of unbranched alkanes of at least 4 members (excludes halogenated alkanes) is 18. The van der Waals surface area contributed by atoms with Gasteiger partial charge in [0.2, 0.25) is 0 Å². The lowest BCUT2D eigenvalue weighted by molar-refractivity contribution is -0.154. The monoisotopic (exact) mass is 811 g/mol. The van der Waals surface area contributed by atoms with Gasteiger partial charge in [0.1, 0.15) is 12.2 Å². The summed E-state index contributed by atoms with van der Waals surface area (Å²) >= 11 is 0. The number of hydrogen-bond donors (Lipinski definition) is 3. The number of phosphoric acid groups is 1. The third kappa shape index (κ3) is 41.8. The maximum Gasteiger partial charge on any atom is 0.472 e. The summed E-state index contributed by atoms with van der Waals surface area (Å²) in [5.74, 6) is -0.397. The van der Waals surface area contributed by atoms with Crippen LogP contribution in [0.15, 0.2) is 60.8 Å². The minimum Gasteiger partial charge on any atom is -0.457 e. The van der Waals surface area contributed by atoms with Crippen LogP contribution in [0.3, 0.4) is 0 Å². The van der Waals surface area contributed by atoms with Crippen molar-refractivity contribution < 1.29 is 43.0 Å². The fourth-order valence-corrected chi connectivity index (χ4v) is 6.60. The Hall–Kier alpha value is -1.84. The zero-order valence-corrected chi connectivity index (χ0v) is 36.5. The van der Waals surface area contributed by atoms with E-state index >= 15 is 0 Å². The molecule has 0 saturated carbocycles. The van der Waals surface area contributed by atoms with E-state index in [1.165, 1.54) is 70.6 Å². The van der Waals surface area contributed by atoms with Crippen LogP contribution in [0.2, 0.25) is 0 Å². The standard InChI is InChI=1S/C46H83O9P/c1-3-5-7-9-11-13-15-17-19-20-21-22-23-25-27-29-31-33-35-37-39-52-42-45(43-54-56(50,51)53-41-44(48)40-47)55-46(49)38-36-34-32-30-28-26-24-18-16-14-12-10-8-6-4-2/h5,7,11,13,17-19,21-22,24,44-45,47-48H,3-4,6,8-10,12,14-16,20,23,25-43H2,1-2H3,(H,50,51)/b7-5-,13-11-,19-17-,22-21-,24-18-. The molecule has 0 saturated heterocycles. The van der Waals surface area contributed by atoms with E-state index in [1.54, 1.807) is 0 Å². The van der Waals surface area contributed by atoms with Gasteiger partial charge in [-0.3, -0.25) is 13.8 Å². The molecule has 3 atom stereocenters. The first-order chi connectivity index (χ1) is 27.3. The smallest absolute Gasteiger partial charge is 0.457 e. The predicted molar refractivity (Wildman–Crippen MR) is 233 cm³/mol. The Morgan fingerprint density at radius 1 is 0.571 bits per heavy atom. The van der Waals surface area contributed by atoms with Crippen LogP contribution in [-0.2, 0) is 27.9 Å². The Kier molecular flexibility index (Phi) is 41.4. The largest absolute Gasteiger partial charge is 0.472 e. The van der Waals surface area contributed by atoms with Gasteiger partial charge in [-0.1, -0.05) is 158 Å². The van der Waals surface area contributed by atoms with E-state index in [0.29, 0.717) is 13.0 Å². The molecule has 0 amide bonds. The van der Waals surface area contributed by atoms with Crippen LogP contribution in [-0.4, -0.2) is 66.3 Å². The van der Waals surface area contributed by atoms with Gasteiger partial charge in [-0.15, -0.1) is 0 Å². The van der Waals surface area contributed by atoms with Crippen LogP contribution < -0.4 is 0 Å². The fraction of sp³-hybridized carbons (Fsp3) is 0.761. The molecule has 3 unspecified atom stereocenters. The number of rotatable bonds is 42. The van der Waals surface area contributed by atoms with Crippen LogP contribution in [0.25, 0.3) is 0 Å². The SMILES string of the molecule is CC/C=C\C/C=C\C/C=C\C/C=C\CCCCCCCCCOCC(COP(=O)(O)OCC(O)CO)OC(=O)CCCCCCC/C=C\CCCCCCCC. The van der Waals surface area contributed by atoms with Gasteiger partial charge in [0.25, 0.3) is 0 Å². The van der Waals surface area contributed by atoms with Crippen LogP contribution in [0.5, 0.6) is 0 Å². The second-order valence-corrected chi connectivity index (χ2v) is 16.1. The van der Waals surface area contributed by atoms with Crippen molar-refractivity contribution in [3.05, 3.63) is 60.8 Å². The molecule has 56 heavy (non-hydrogen) atoms. The minimum absolute atomic E-state index is 0.0364. The molecule has 0 radical (unpaired) electrons. The zero-order chi connectivity index (χ0) is 41.1. The second kappa shape index (κ2) is 42.8. The molecule has 0 spiro atoms. The van der Waals surface area contributed by atoms with Crippen molar-refractivity contribution in [1.82, 2.24) is 0 Å². The lowest BCUT2D eigenvalue weighted by atomic mass is 10.1. The molecule has 0 bridgehead atoms. The highest BCUT2D eigenvalue weighted by atomic mass is 31.2. The molecule has 0 aliphatic heterocycles. The maximum absolute atomic E-state index is 12.6. The van der Waals surface area contributed by atoms with E-state index in [0.717, 1.165) is 83.5 Å². The van der Waals surface area contributed by atoms with Gasteiger partial charge >= 0.3 is 13.8 Å². The van der Waals surface area contributed by atoms with Crippen molar-refractivity contribution in [2.45, 2.75) is 193 Å². The van der Waals surface area contributed by atoms with Crippen molar-refractivity contribution in [2.75, 3.05) is 33.0 Å². The van der Waals surface area contributed by atoms with Crippen LogP contribution >= 0.6 is 7.82 Å². The molecular formula is C46H83O9P. The molecule has 326 valence electrons. The number of phosphoric ester groups is 1. The molecule has 0 rings (SSSR count). The molecule has 3 N–H and O–H groups in total. The number of aliphatic hydroxyl groups excluding tert-OH is 2. The molecule has 0 fully saturated rings. The summed E-state index contributed by atoms with van der Waals surface area (Å²) in [7, 11) is -4.53. The van der Waals surface area contributed by atoms with E-state index in [1.807, 2.05) is 0 Å². The number of esters is 1. The Balaban J connectivity index is 4.19. The predicted octanol–water partition coefficient (Wildman–Crippen LogP) is 12.4. The van der Waals surface area contributed by atoms with Gasteiger partial charge in [-0.25, -0.2) is 4.57 Å². The number of hydrogen-bond acceptors (Lipinski definition) is 8. The number of carbonyl (C=O) groups is 1. The Bertz CT molecular complexity index is 1060. The van der Waals surface area contributed by atoms with Gasteiger partial charge in [0.05, 0.1) is 26.4 Å². The number of aliphatic hydroxyl groups is 2. The molecule has 0 aliphatic rings. The van der Waals surface area contributed by atoms with Crippen molar-refractivity contribution in [1.29, 1.82) is 0 Å². The summed E-state index contributed by atoms with van der Waals surface area (Å²) in [5, 5.41) is 18.4.